The molecule has 0 unspecified atom stereocenters. The van der Waals surface area contributed by atoms with Crippen LogP contribution in [0.3, 0.4) is 0 Å². The van der Waals surface area contributed by atoms with Crippen LogP contribution in [-0.4, -0.2) is 32.1 Å². The van der Waals surface area contributed by atoms with Gasteiger partial charge in [-0.3, -0.25) is 4.79 Å². The predicted molar refractivity (Wildman–Crippen MR) is 77.4 cm³/mol. The van der Waals surface area contributed by atoms with Crippen molar-refractivity contribution < 1.29 is 4.79 Å². The number of fused-ring (bicyclic) bond motifs is 1. The second-order valence-corrected chi connectivity index (χ2v) is 6.10. The summed E-state index contributed by atoms with van der Waals surface area (Å²) in [7, 11) is 0. The molecule has 0 saturated heterocycles. The van der Waals surface area contributed by atoms with E-state index in [4.69, 9.17) is 0 Å². The summed E-state index contributed by atoms with van der Waals surface area (Å²) in [6, 6.07) is 4.18. The lowest BCUT2D eigenvalue weighted by molar-refractivity contribution is -0.132. The van der Waals surface area contributed by atoms with Crippen LogP contribution < -0.4 is 0 Å². The lowest BCUT2D eigenvalue weighted by Gasteiger charge is -2.27. The molecule has 1 aliphatic heterocycles. The maximum atomic E-state index is 12.2. The minimum absolute atomic E-state index is 0.230. The molecule has 1 aliphatic rings. The zero-order chi connectivity index (χ0) is 13.9. The van der Waals surface area contributed by atoms with Crippen LogP contribution in [0.25, 0.3) is 0 Å². The van der Waals surface area contributed by atoms with E-state index >= 15 is 0 Å². The van der Waals surface area contributed by atoms with Crippen LogP contribution in [-0.2, 0) is 24.3 Å². The minimum Gasteiger partial charge on any atom is -0.333 e. The van der Waals surface area contributed by atoms with Crippen LogP contribution in [0.5, 0.6) is 0 Å². The van der Waals surface area contributed by atoms with Crippen LogP contribution in [0, 0.1) is 6.92 Å². The first-order valence-corrected chi connectivity index (χ1v) is 7.81. The Hall–Kier alpha value is -1.69. The second-order valence-electron chi connectivity index (χ2n) is 5.06. The summed E-state index contributed by atoms with van der Waals surface area (Å²) >= 11 is 1.76. The first kappa shape index (κ1) is 13.3. The van der Waals surface area contributed by atoms with Crippen LogP contribution in [0.2, 0.25) is 0 Å². The molecule has 0 bridgehead atoms. The topological polar surface area (TPSA) is 51.0 Å². The number of thiophene rings is 1. The Bertz CT molecular complexity index is 590. The van der Waals surface area contributed by atoms with Gasteiger partial charge in [-0.1, -0.05) is 6.07 Å². The normalized spacial score (nSPS) is 14.3. The number of carbonyl (C=O) groups excluding carboxylic acids is 1. The molecule has 3 rings (SSSR count). The highest BCUT2D eigenvalue weighted by Crippen LogP contribution is 2.15. The quantitative estimate of drug-likeness (QED) is 0.865. The maximum Gasteiger partial charge on any atom is 0.223 e. The first-order chi connectivity index (χ1) is 9.74. The van der Waals surface area contributed by atoms with Crippen LogP contribution in [0.15, 0.2) is 17.5 Å². The lowest BCUT2D eigenvalue weighted by atomic mass is 10.2. The Morgan fingerprint density at radius 3 is 3.10 bits per heavy atom. The molecule has 2 aromatic heterocycles. The van der Waals surface area contributed by atoms with Crippen molar-refractivity contribution in [3.05, 3.63) is 34.0 Å². The molecule has 0 aromatic carbocycles. The molecule has 0 radical (unpaired) electrons. The van der Waals surface area contributed by atoms with Gasteiger partial charge in [-0.15, -0.1) is 21.5 Å². The molecule has 3 heterocycles. The number of rotatable bonds is 4. The second kappa shape index (κ2) is 5.75. The zero-order valence-electron chi connectivity index (χ0n) is 11.6. The molecule has 1 amide bonds. The first-order valence-electron chi connectivity index (χ1n) is 6.93. The molecule has 0 N–H and O–H groups in total. The molecule has 0 spiro atoms. The average molecular weight is 290 g/mol. The van der Waals surface area contributed by atoms with Gasteiger partial charge in [0.1, 0.15) is 5.82 Å². The van der Waals surface area contributed by atoms with Crippen molar-refractivity contribution in [1.29, 1.82) is 0 Å². The van der Waals surface area contributed by atoms with Crippen molar-refractivity contribution in [1.82, 2.24) is 19.7 Å². The summed E-state index contributed by atoms with van der Waals surface area (Å²) in [6.07, 6.45) is 2.53. The Labute approximate surface area is 122 Å². The van der Waals surface area contributed by atoms with Gasteiger partial charge in [0.15, 0.2) is 5.82 Å². The summed E-state index contributed by atoms with van der Waals surface area (Å²) in [5.41, 5.74) is 0. The maximum absolute atomic E-state index is 12.2. The fourth-order valence-electron chi connectivity index (χ4n) is 2.54. The van der Waals surface area contributed by atoms with Crippen molar-refractivity contribution >= 4 is 17.2 Å². The Kier molecular flexibility index (Phi) is 3.82. The third-order valence-electron chi connectivity index (χ3n) is 3.68. The fraction of sp³-hybridized carbons (Fsp3) is 0.500. The van der Waals surface area contributed by atoms with Crippen LogP contribution in [0.4, 0.5) is 0 Å². The minimum atomic E-state index is 0.230. The summed E-state index contributed by atoms with van der Waals surface area (Å²) in [5, 5.41) is 10.3. The predicted octanol–water partition coefficient (Wildman–Crippen LogP) is 2.01. The highest BCUT2D eigenvalue weighted by Gasteiger charge is 2.22. The SMILES string of the molecule is Cc1nnc2n1CCN(C(=O)CCCc1cccs1)C2. The van der Waals surface area contributed by atoms with Gasteiger partial charge >= 0.3 is 0 Å². The smallest absolute Gasteiger partial charge is 0.223 e. The van der Waals surface area contributed by atoms with Crippen molar-refractivity contribution in [3.8, 4) is 0 Å². The van der Waals surface area contributed by atoms with E-state index in [-0.39, 0.29) is 5.91 Å². The third kappa shape index (κ3) is 2.75. The molecule has 6 heteroatoms. The Morgan fingerprint density at radius 2 is 2.30 bits per heavy atom. The number of aromatic nitrogens is 3. The molecule has 2 aromatic rings. The zero-order valence-corrected chi connectivity index (χ0v) is 12.4. The fourth-order valence-corrected chi connectivity index (χ4v) is 3.29. The van der Waals surface area contributed by atoms with Crippen molar-refractivity contribution in [2.24, 2.45) is 0 Å². The van der Waals surface area contributed by atoms with Crippen molar-refractivity contribution in [2.45, 2.75) is 39.3 Å². The lowest BCUT2D eigenvalue weighted by Crippen LogP contribution is -2.38. The monoisotopic (exact) mass is 290 g/mol. The summed E-state index contributed by atoms with van der Waals surface area (Å²) in [6.45, 7) is 4.13. The summed E-state index contributed by atoms with van der Waals surface area (Å²) in [5.74, 6) is 2.07. The van der Waals surface area contributed by atoms with Gasteiger partial charge in [0, 0.05) is 24.4 Å². The van der Waals surface area contributed by atoms with E-state index in [1.54, 1.807) is 11.3 Å². The summed E-state index contributed by atoms with van der Waals surface area (Å²) < 4.78 is 2.09. The number of hydrogen-bond donors (Lipinski definition) is 0. The number of hydrogen-bond acceptors (Lipinski definition) is 4. The highest BCUT2D eigenvalue weighted by molar-refractivity contribution is 7.09. The van der Waals surface area contributed by atoms with Gasteiger partial charge < -0.3 is 9.47 Å². The molecule has 0 aliphatic carbocycles. The van der Waals surface area contributed by atoms with Gasteiger partial charge in [0.25, 0.3) is 0 Å². The third-order valence-corrected chi connectivity index (χ3v) is 4.62. The number of nitrogens with zero attached hydrogens (tertiary/aromatic N) is 4. The number of carbonyl (C=O) groups is 1. The van der Waals surface area contributed by atoms with E-state index in [2.05, 4.69) is 32.3 Å². The van der Waals surface area contributed by atoms with E-state index in [0.29, 0.717) is 13.0 Å². The van der Waals surface area contributed by atoms with Gasteiger partial charge in [0.2, 0.25) is 5.91 Å². The molecular formula is C14H18N4OS. The Morgan fingerprint density at radius 1 is 1.40 bits per heavy atom. The largest absolute Gasteiger partial charge is 0.333 e. The van der Waals surface area contributed by atoms with Gasteiger partial charge in [0.05, 0.1) is 6.54 Å². The molecule has 0 saturated carbocycles. The molecule has 0 fully saturated rings. The highest BCUT2D eigenvalue weighted by atomic mass is 32.1. The average Bonchev–Trinajstić information content (AvgIpc) is 3.09. The standard InChI is InChI=1S/C14H18N4OS/c1-11-15-16-13-10-17(7-8-18(11)13)14(19)6-2-4-12-5-3-9-20-12/h3,5,9H,2,4,6-8,10H2,1H3. The van der Waals surface area contributed by atoms with E-state index in [1.807, 2.05) is 11.8 Å². The molecule has 5 nitrogen and oxygen atoms in total. The van der Waals surface area contributed by atoms with E-state index in [1.165, 1.54) is 4.88 Å². The van der Waals surface area contributed by atoms with Crippen LogP contribution in [0.1, 0.15) is 29.4 Å². The number of aryl methyl sites for hydroxylation is 2. The van der Waals surface area contributed by atoms with Gasteiger partial charge in [-0.25, -0.2) is 0 Å². The molecular weight excluding hydrogens is 272 g/mol. The van der Waals surface area contributed by atoms with Gasteiger partial charge in [-0.2, -0.15) is 0 Å². The van der Waals surface area contributed by atoms with E-state index < -0.39 is 0 Å². The summed E-state index contributed by atoms with van der Waals surface area (Å²) in [4.78, 5) is 15.5. The molecule has 106 valence electrons. The molecule has 0 atom stereocenters. The number of amides is 1. The van der Waals surface area contributed by atoms with Crippen molar-refractivity contribution in [3.63, 3.8) is 0 Å². The van der Waals surface area contributed by atoms with E-state index in [9.17, 15) is 4.79 Å². The van der Waals surface area contributed by atoms with Gasteiger partial charge in [-0.05, 0) is 31.2 Å². The molecule has 20 heavy (non-hydrogen) atoms. The Balaban J connectivity index is 1.51. The van der Waals surface area contributed by atoms with Crippen LogP contribution >= 0.6 is 11.3 Å². The van der Waals surface area contributed by atoms with E-state index in [0.717, 1.165) is 37.6 Å². The van der Waals surface area contributed by atoms with Crippen molar-refractivity contribution in [2.75, 3.05) is 6.54 Å².